The van der Waals surface area contributed by atoms with Crippen LogP contribution in [0.5, 0.6) is 0 Å². The number of nitrogens with zero attached hydrogens (tertiary/aromatic N) is 2. The van der Waals surface area contributed by atoms with Crippen LogP contribution in [0.25, 0.3) is 10.9 Å². The summed E-state index contributed by atoms with van der Waals surface area (Å²) in [5, 5.41) is 1.30. The number of benzene rings is 1. The van der Waals surface area contributed by atoms with Crippen molar-refractivity contribution < 1.29 is 4.79 Å². The van der Waals surface area contributed by atoms with E-state index in [4.69, 9.17) is 5.73 Å². The first-order valence-corrected chi connectivity index (χ1v) is 8.66. The molecule has 1 aliphatic rings. The summed E-state index contributed by atoms with van der Waals surface area (Å²) >= 11 is 0. The molecular formula is C19H27N3O. The number of amides is 1. The molecule has 0 spiro atoms. The molecule has 1 fully saturated rings. The predicted octanol–water partition coefficient (Wildman–Crippen LogP) is 3.10. The molecule has 2 aromatic rings. The SMILES string of the molecule is Cc1cccc2ccn([C@H]3CCN(C(=O)CCCN)C[C@@H]3C)c12. The number of rotatable bonds is 4. The van der Waals surface area contributed by atoms with Crippen molar-refractivity contribution in [3.05, 3.63) is 36.0 Å². The van der Waals surface area contributed by atoms with Crippen LogP contribution < -0.4 is 5.73 Å². The third-order valence-electron chi connectivity index (χ3n) is 5.11. The highest BCUT2D eigenvalue weighted by atomic mass is 16.2. The summed E-state index contributed by atoms with van der Waals surface area (Å²) in [5.74, 6) is 0.718. The lowest BCUT2D eigenvalue weighted by molar-refractivity contribution is -0.133. The van der Waals surface area contributed by atoms with Crippen LogP contribution in [0.1, 0.15) is 37.8 Å². The molecule has 23 heavy (non-hydrogen) atoms. The minimum atomic E-state index is 0.259. The molecule has 0 unspecified atom stereocenters. The summed E-state index contributed by atoms with van der Waals surface area (Å²) < 4.78 is 2.43. The predicted molar refractivity (Wildman–Crippen MR) is 94.4 cm³/mol. The molecule has 124 valence electrons. The van der Waals surface area contributed by atoms with Gasteiger partial charge in [0, 0.05) is 31.7 Å². The van der Waals surface area contributed by atoms with E-state index in [9.17, 15) is 4.79 Å². The van der Waals surface area contributed by atoms with E-state index in [1.165, 1.54) is 16.5 Å². The van der Waals surface area contributed by atoms with Gasteiger partial charge in [0.05, 0.1) is 5.52 Å². The van der Waals surface area contributed by atoms with Crippen LogP contribution >= 0.6 is 0 Å². The minimum absolute atomic E-state index is 0.259. The van der Waals surface area contributed by atoms with Gasteiger partial charge in [-0.15, -0.1) is 0 Å². The summed E-state index contributed by atoms with van der Waals surface area (Å²) in [6, 6.07) is 9.13. The van der Waals surface area contributed by atoms with Crippen molar-refractivity contribution in [3.8, 4) is 0 Å². The number of hydrogen-bond acceptors (Lipinski definition) is 2. The Bertz CT molecular complexity index is 691. The molecule has 1 aliphatic heterocycles. The average Bonchev–Trinajstić information content (AvgIpc) is 2.97. The number of aryl methyl sites for hydroxylation is 1. The summed E-state index contributed by atoms with van der Waals surface area (Å²) in [7, 11) is 0. The van der Waals surface area contributed by atoms with Crippen LogP contribution in [0, 0.1) is 12.8 Å². The maximum atomic E-state index is 12.2. The first kappa shape index (κ1) is 16.1. The van der Waals surface area contributed by atoms with E-state index in [-0.39, 0.29) is 5.91 Å². The number of para-hydroxylation sites is 1. The van der Waals surface area contributed by atoms with E-state index in [1.54, 1.807) is 0 Å². The number of fused-ring (bicyclic) bond motifs is 1. The van der Waals surface area contributed by atoms with Crippen LogP contribution in [0.15, 0.2) is 30.5 Å². The van der Waals surface area contributed by atoms with Crippen LogP contribution in [0.4, 0.5) is 0 Å². The standard InChI is InChI=1S/C19H27N3O/c1-14-5-3-6-16-8-12-22(19(14)16)17-9-11-21(13-15(17)2)18(23)7-4-10-20/h3,5-6,8,12,15,17H,4,7,9-11,13,20H2,1-2H3/t15-,17-/m0/s1. The van der Waals surface area contributed by atoms with Gasteiger partial charge in [-0.05, 0) is 49.2 Å². The molecule has 4 heteroatoms. The number of aromatic nitrogens is 1. The molecule has 0 saturated carbocycles. The van der Waals surface area contributed by atoms with Gasteiger partial charge in [0.25, 0.3) is 0 Å². The molecular weight excluding hydrogens is 286 g/mol. The minimum Gasteiger partial charge on any atom is -0.344 e. The Labute approximate surface area is 138 Å². The van der Waals surface area contributed by atoms with Gasteiger partial charge >= 0.3 is 0 Å². The van der Waals surface area contributed by atoms with Crippen molar-refractivity contribution >= 4 is 16.8 Å². The van der Waals surface area contributed by atoms with Gasteiger partial charge in [-0.3, -0.25) is 4.79 Å². The average molecular weight is 313 g/mol. The number of carbonyl (C=O) groups is 1. The first-order chi connectivity index (χ1) is 11.1. The number of nitrogens with two attached hydrogens (primary N) is 1. The van der Waals surface area contributed by atoms with Gasteiger partial charge in [-0.1, -0.05) is 25.1 Å². The van der Waals surface area contributed by atoms with Gasteiger partial charge < -0.3 is 15.2 Å². The molecule has 0 aliphatic carbocycles. The summed E-state index contributed by atoms with van der Waals surface area (Å²) in [6.45, 7) is 6.72. The molecule has 0 bridgehead atoms. The molecule has 1 aromatic heterocycles. The van der Waals surface area contributed by atoms with Crippen molar-refractivity contribution in [1.29, 1.82) is 0 Å². The maximum absolute atomic E-state index is 12.2. The first-order valence-electron chi connectivity index (χ1n) is 8.66. The van der Waals surface area contributed by atoms with E-state index >= 15 is 0 Å². The van der Waals surface area contributed by atoms with E-state index in [0.29, 0.717) is 24.9 Å². The fourth-order valence-corrected chi connectivity index (χ4v) is 3.86. The van der Waals surface area contributed by atoms with E-state index in [2.05, 4.69) is 48.9 Å². The van der Waals surface area contributed by atoms with Crippen LogP contribution in [-0.4, -0.2) is 35.0 Å². The zero-order chi connectivity index (χ0) is 16.4. The zero-order valence-corrected chi connectivity index (χ0v) is 14.2. The Morgan fingerprint density at radius 3 is 2.91 bits per heavy atom. The lowest BCUT2D eigenvalue weighted by Crippen LogP contribution is -2.43. The second-order valence-corrected chi connectivity index (χ2v) is 6.80. The number of piperidine rings is 1. The smallest absolute Gasteiger partial charge is 0.222 e. The lowest BCUT2D eigenvalue weighted by Gasteiger charge is -2.38. The van der Waals surface area contributed by atoms with Gasteiger partial charge in [-0.2, -0.15) is 0 Å². The molecule has 2 atom stereocenters. The Balaban J connectivity index is 1.77. The summed E-state index contributed by atoms with van der Waals surface area (Å²) in [6.07, 6.45) is 4.60. The summed E-state index contributed by atoms with van der Waals surface area (Å²) in [4.78, 5) is 14.2. The van der Waals surface area contributed by atoms with Gasteiger partial charge in [0.1, 0.15) is 0 Å². The quantitative estimate of drug-likeness (QED) is 0.943. The number of hydrogen-bond donors (Lipinski definition) is 1. The topological polar surface area (TPSA) is 51.3 Å². The maximum Gasteiger partial charge on any atom is 0.222 e. The third kappa shape index (κ3) is 3.13. The van der Waals surface area contributed by atoms with Gasteiger partial charge in [0.2, 0.25) is 5.91 Å². The molecule has 0 radical (unpaired) electrons. The van der Waals surface area contributed by atoms with Gasteiger partial charge in [-0.25, -0.2) is 0 Å². The Morgan fingerprint density at radius 1 is 1.35 bits per heavy atom. The highest BCUT2D eigenvalue weighted by molar-refractivity contribution is 5.83. The second-order valence-electron chi connectivity index (χ2n) is 6.80. The monoisotopic (exact) mass is 313 g/mol. The van der Waals surface area contributed by atoms with E-state index in [1.807, 2.05) is 4.90 Å². The molecule has 4 nitrogen and oxygen atoms in total. The fraction of sp³-hybridized carbons (Fsp3) is 0.526. The van der Waals surface area contributed by atoms with E-state index < -0.39 is 0 Å². The zero-order valence-electron chi connectivity index (χ0n) is 14.2. The largest absolute Gasteiger partial charge is 0.344 e. The van der Waals surface area contributed by atoms with E-state index in [0.717, 1.165) is 25.9 Å². The van der Waals surface area contributed by atoms with Crippen molar-refractivity contribution in [2.45, 2.75) is 39.2 Å². The second kappa shape index (κ2) is 6.75. The third-order valence-corrected chi connectivity index (χ3v) is 5.11. The van der Waals surface area contributed by atoms with Crippen molar-refractivity contribution in [1.82, 2.24) is 9.47 Å². The van der Waals surface area contributed by atoms with Crippen LogP contribution in [-0.2, 0) is 4.79 Å². The lowest BCUT2D eigenvalue weighted by atomic mass is 9.93. The van der Waals surface area contributed by atoms with Crippen LogP contribution in [0.3, 0.4) is 0 Å². The molecule has 1 saturated heterocycles. The number of likely N-dealkylation sites (tertiary alicyclic amines) is 1. The van der Waals surface area contributed by atoms with Gasteiger partial charge in [0.15, 0.2) is 0 Å². The molecule has 1 aromatic carbocycles. The fourth-order valence-electron chi connectivity index (χ4n) is 3.86. The molecule has 1 amide bonds. The van der Waals surface area contributed by atoms with Crippen LogP contribution in [0.2, 0.25) is 0 Å². The number of carbonyl (C=O) groups excluding carboxylic acids is 1. The summed E-state index contributed by atoms with van der Waals surface area (Å²) in [5.41, 5.74) is 8.17. The normalized spacial score (nSPS) is 21.8. The molecule has 2 heterocycles. The van der Waals surface area contributed by atoms with Crippen molar-refractivity contribution in [2.24, 2.45) is 11.7 Å². The molecule has 2 N–H and O–H groups in total. The highest BCUT2D eigenvalue weighted by Gasteiger charge is 2.30. The Hall–Kier alpha value is -1.81. The van der Waals surface area contributed by atoms with Crippen molar-refractivity contribution in [2.75, 3.05) is 19.6 Å². The van der Waals surface area contributed by atoms with Crippen molar-refractivity contribution in [3.63, 3.8) is 0 Å². The highest BCUT2D eigenvalue weighted by Crippen LogP contribution is 2.33. The Kier molecular flexibility index (Phi) is 4.71. The Morgan fingerprint density at radius 2 is 2.17 bits per heavy atom. The molecule has 3 rings (SSSR count).